The molecular formula is C44H45N3O13. The monoisotopic (exact) mass is 823 g/mol. The van der Waals surface area contributed by atoms with Gasteiger partial charge in [-0.05, 0) is 87.2 Å². The number of hydroxylamine groups is 2. The molecule has 2 saturated heterocycles. The van der Waals surface area contributed by atoms with Crippen molar-refractivity contribution in [2.75, 3.05) is 26.3 Å². The first-order chi connectivity index (χ1) is 28.9. The number of carboxylic acids is 1. The van der Waals surface area contributed by atoms with E-state index in [1.54, 1.807) is 23.4 Å². The van der Waals surface area contributed by atoms with Crippen LogP contribution in [0.15, 0.2) is 98.5 Å². The van der Waals surface area contributed by atoms with Gasteiger partial charge in [-0.3, -0.25) is 24.2 Å². The van der Waals surface area contributed by atoms with Gasteiger partial charge in [-0.2, -0.15) is 0 Å². The average Bonchev–Trinajstić information content (AvgIpc) is 3.82. The first-order valence-corrected chi connectivity index (χ1v) is 19.7. The number of benzene rings is 3. The number of fused-ring (bicyclic) bond motifs is 2. The molecule has 0 bridgehead atoms. The van der Waals surface area contributed by atoms with Gasteiger partial charge < -0.3 is 49.5 Å². The highest BCUT2D eigenvalue weighted by Crippen LogP contribution is 2.40. The van der Waals surface area contributed by atoms with Crippen LogP contribution in [0, 0.1) is 25.7 Å². The summed E-state index contributed by atoms with van der Waals surface area (Å²) in [7, 11) is 0. The number of aryl methyl sites for hydroxylation is 2. The maximum Gasteiger partial charge on any atom is 0.322 e. The number of piperidine rings is 1. The van der Waals surface area contributed by atoms with Crippen molar-refractivity contribution in [2.45, 2.75) is 63.4 Å². The lowest BCUT2D eigenvalue weighted by molar-refractivity contribution is -0.323. The van der Waals surface area contributed by atoms with E-state index in [2.05, 4.69) is 10.3 Å². The summed E-state index contributed by atoms with van der Waals surface area (Å²) in [5, 5.41) is 57.8. The van der Waals surface area contributed by atoms with Crippen LogP contribution in [0.5, 0.6) is 11.5 Å². The van der Waals surface area contributed by atoms with Gasteiger partial charge in [0, 0.05) is 36.1 Å². The van der Waals surface area contributed by atoms with Crippen LogP contribution in [0.2, 0.25) is 0 Å². The Hall–Kier alpha value is -5.88. The molecule has 0 spiro atoms. The maximum absolute atomic E-state index is 13.5. The predicted octanol–water partition coefficient (Wildman–Crippen LogP) is 3.21. The van der Waals surface area contributed by atoms with Gasteiger partial charge in [-0.1, -0.05) is 29.3 Å². The summed E-state index contributed by atoms with van der Waals surface area (Å²) >= 11 is 0. The second kappa shape index (κ2) is 17.0. The number of phenols is 1. The van der Waals surface area contributed by atoms with Crippen molar-refractivity contribution in [3.63, 3.8) is 0 Å². The molecule has 3 aromatic carbocycles. The van der Waals surface area contributed by atoms with Gasteiger partial charge in [0.15, 0.2) is 17.5 Å². The maximum atomic E-state index is 13.5. The molecule has 0 saturated carbocycles. The topological polar surface area (TPSA) is 230 Å². The van der Waals surface area contributed by atoms with Gasteiger partial charge in [-0.15, -0.1) is 0 Å². The lowest BCUT2D eigenvalue weighted by Gasteiger charge is -2.43. The van der Waals surface area contributed by atoms with E-state index in [9.17, 15) is 39.9 Å². The van der Waals surface area contributed by atoms with Crippen molar-refractivity contribution in [1.82, 2.24) is 10.4 Å². The molecule has 0 radical (unpaired) electrons. The van der Waals surface area contributed by atoms with Gasteiger partial charge in [0.1, 0.15) is 48.3 Å². The third-order valence-electron chi connectivity index (χ3n) is 11.3. The van der Waals surface area contributed by atoms with Gasteiger partial charge in [0.25, 0.3) is 0 Å². The van der Waals surface area contributed by atoms with Crippen LogP contribution in [-0.4, -0.2) is 112 Å². The molecule has 0 amide bonds. The summed E-state index contributed by atoms with van der Waals surface area (Å²) in [6, 6.07) is 15.7. The SMILES string of the molecule is Cc1cc(C)cc(C2=C3N=CC=C3CN2OC2C(Oc3ccc4c(=O)c(-c5ccc(O)cc5)coc4c3)OC(COC(=O)C(C(=O)O)C3NCCCC3CO)C(O)C2O)c1. The highest BCUT2D eigenvalue weighted by Gasteiger charge is 2.50. The van der Waals surface area contributed by atoms with Crippen LogP contribution in [-0.2, 0) is 23.9 Å². The number of aliphatic imine (C=N–C) groups is 1. The molecule has 16 heteroatoms. The minimum atomic E-state index is -1.71. The Morgan fingerprint density at radius 3 is 2.52 bits per heavy atom. The average molecular weight is 824 g/mol. The largest absolute Gasteiger partial charge is 0.508 e. The zero-order valence-corrected chi connectivity index (χ0v) is 32.8. The van der Waals surface area contributed by atoms with Crippen LogP contribution in [0.3, 0.4) is 0 Å². The van der Waals surface area contributed by atoms with E-state index in [4.69, 9.17) is 23.5 Å². The highest BCUT2D eigenvalue weighted by atomic mass is 16.8. The number of aliphatic hydroxyl groups is 3. The van der Waals surface area contributed by atoms with Gasteiger partial charge in [0.05, 0.1) is 28.9 Å². The molecule has 4 aromatic rings. The fraction of sp³-hybridized carbons (Fsp3) is 0.364. The Morgan fingerprint density at radius 2 is 1.78 bits per heavy atom. The molecule has 314 valence electrons. The van der Waals surface area contributed by atoms with Crippen LogP contribution >= 0.6 is 0 Å². The summed E-state index contributed by atoms with van der Waals surface area (Å²) in [5.41, 5.74) is 5.60. The van der Waals surface area contributed by atoms with Crippen LogP contribution in [0.1, 0.15) is 29.5 Å². The number of nitrogens with one attached hydrogen (secondary N) is 1. The number of phenolic OH excluding ortho intramolecular Hbond substituents is 1. The number of ether oxygens (including phenoxy) is 3. The minimum Gasteiger partial charge on any atom is -0.508 e. The van der Waals surface area contributed by atoms with E-state index < -0.39 is 67.1 Å². The van der Waals surface area contributed by atoms with E-state index in [0.717, 1.165) is 22.3 Å². The second-order valence-corrected chi connectivity index (χ2v) is 15.5. The number of hydrogen-bond acceptors (Lipinski definition) is 15. The summed E-state index contributed by atoms with van der Waals surface area (Å²) < 4.78 is 23.9. The summed E-state index contributed by atoms with van der Waals surface area (Å²) in [4.78, 5) is 50.4. The molecule has 16 nitrogen and oxygen atoms in total. The predicted molar refractivity (Wildman–Crippen MR) is 216 cm³/mol. The zero-order valence-electron chi connectivity index (χ0n) is 32.8. The van der Waals surface area contributed by atoms with Gasteiger partial charge in [-0.25, -0.2) is 5.06 Å². The number of rotatable bonds is 12. The summed E-state index contributed by atoms with van der Waals surface area (Å²) in [6.07, 6.45) is -1.70. The van der Waals surface area contributed by atoms with Crippen molar-refractivity contribution in [3.8, 4) is 22.6 Å². The Kier molecular flexibility index (Phi) is 11.6. The smallest absolute Gasteiger partial charge is 0.322 e. The lowest BCUT2D eigenvalue weighted by atomic mass is 9.83. The summed E-state index contributed by atoms with van der Waals surface area (Å²) in [6.45, 7) is 3.63. The van der Waals surface area contributed by atoms with Gasteiger partial charge >= 0.3 is 11.9 Å². The van der Waals surface area contributed by atoms with Gasteiger partial charge in [0.2, 0.25) is 6.29 Å². The number of aromatic hydroxyl groups is 1. The Balaban J connectivity index is 1.09. The zero-order chi connectivity index (χ0) is 42.2. The second-order valence-electron chi connectivity index (χ2n) is 15.5. The molecule has 4 aliphatic heterocycles. The number of carbonyl (C=O) groups excluding carboxylic acids is 1. The highest BCUT2D eigenvalue weighted by molar-refractivity contribution is 5.95. The Bertz CT molecular complexity index is 2420. The van der Waals surface area contributed by atoms with Crippen molar-refractivity contribution in [1.29, 1.82) is 0 Å². The molecule has 0 aliphatic carbocycles. The number of allylic oxidation sites excluding steroid dienone is 1. The van der Waals surface area contributed by atoms with Crippen molar-refractivity contribution >= 4 is 34.8 Å². The number of nitrogens with zero attached hydrogens (tertiary/aromatic N) is 2. The van der Waals surface area contributed by atoms with Crippen LogP contribution in [0.25, 0.3) is 27.8 Å². The molecule has 60 heavy (non-hydrogen) atoms. The lowest BCUT2D eigenvalue weighted by Crippen LogP contribution is -2.62. The number of carbonyl (C=O) groups is 2. The van der Waals surface area contributed by atoms with Crippen molar-refractivity contribution in [3.05, 3.63) is 111 Å². The number of aliphatic carboxylic acids is 1. The quantitative estimate of drug-likeness (QED) is 0.0891. The molecule has 1 aromatic heterocycles. The molecule has 4 aliphatic rings. The molecule has 2 fully saturated rings. The summed E-state index contributed by atoms with van der Waals surface area (Å²) in [5.74, 6) is -4.54. The van der Waals surface area contributed by atoms with E-state index >= 15 is 0 Å². The third-order valence-corrected chi connectivity index (χ3v) is 11.3. The fourth-order valence-corrected chi connectivity index (χ4v) is 8.32. The molecular weight excluding hydrogens is 778 g/mol. The third kappa shape index (κ3) is 8.04. The molecule has 5 heterocycles. The number of aliphatic hydroxyl groups excluding tert-OH is 3. The number of esters is 1. The molecule has 6 N–H and O–H groups in total. The van der Waals surface area contributed by atoms with Crippen molar-refractivity contribution < 1.29 is 58.6 Å². The Morgan fingerprint density at radius 1 is 1.02 bits per heavy atom. The first kappa shape index (κ1) is 40.9. The standard InChI is InChI=1S/C44H45N3O13/c1-22-14-23(2)16-27(15-22)37-36-25(11-13-46-36)18-47(37)60-41-40(52)39(51)33(21-57-43(55)34(42(53)54)35-26(19-48)4-3-12-45-35)59-44(41)58-29-9-10-30-32(17-29)56-20-31(38(30)50)24-5-7-28(49)8-6-24/h5-11,13-17,20,26,33-35,39-41,44-45,48-49,51-52H,3-4,12,18-19,21H2,1-2H3,(H,53,54). The van der Waals surface area contributed by atoms with E-state index in [0.29, 0.717) is 36.3 Å². The first-order valence-electron chi connectivity index (χ1n) is 19.7. The van der Waals surface area contributed by atoms with Crippen LogP contribution < -0.4 is 15.5 Å². The number of hydrogen-bond donors (Lipinski definition) is 6. The molecule has 8 atom stereocenters. The fourth-order valence-electron chi connectivity index (χ4n) is 8.32. The van der Waals surface area contributed by atoms with E-state index in [-0.39, 0.29) is 46.6 Å². The van der Waals surface area contributed by atoms with E-state index in [1.807, 2.05) is 38.1 Å². The molecule has 8 unspecified atom stereocenters. The van der Waals surface area contributed by atoms with Crippen LogP contribution in [0.4, 0.5) is 0 Å². The van der Waals surface area contributed by atoms with E-state index in [1.165, 1.54) is 36.6 Å². The number of carboxylic acid groups (broad SMARTS) is 1. The van der Waals surface area contributed by atoms with Crippen molar-refractivity contribution in [2.24, 2.45) is 16.8 Å². The molecule has 8 rings (SSSR count). The normalized spacial score (nSPS) is 25.6. The Labute approximate surface area is 343 Å². The minimum absolute atomic E-state index is 0.0460.